The molecule has 2 aliphatic rings. The van der Waals surface area contributed by atoms with Gasteiger partial charge >= 0.3 is 0 Å². The minimum Gasteiger partial charge on any atom is -0.397 e. The molecule has 2 heterocycles. The highest BCUT2D eigenvalue weighted by Crippen LogP contribution is 2.39. The number of rotatable bonds is 2. The van der Waals surface area contributed by atoms with E-state index in [0.717, 1.165) is 12.3 Å². The molecule has 1 atom stereocenters. The average Bonchev–Trinajstić information content (AvgIpc) is 2.99. The quantitative estimate of drug-likeness (QED) is 0.880. The van der Waals surface area contributed by atoms with Crippen molar-refractivity contribution >= 4 is 35.9 Å². The fourth-order valence-corrected chi connectivity index (χ4v) is 2.34. The number of hydrogen-bond acceptors (Lipinski definition) is 3. The van der Waals surface area contributed by atoms with Gasteiger partial charge in [0.15, 0.2) is 5.78 Å². The van der Waals surface area contributed by atoms with Gasteiger partial charge in [0, 0.05) is 19.5 Å². The number of nitrogens with two attached hydrogens (primary N) is 1. The van der Waals surface area contributed by atoms with E-state index in [4.69, 9.17) is 5.73 Å². The number of hydrogen-bond donors (Lipinski definition) is 1. The number of carbonyl (C=O) groups excluding carboxylic acids is 1. The molecule has 1 fully saturated rings. The fourth-order valence-electron chi connectivity index (χ4n) is 2.34. The molecule has 1 aromatic heterocycles. The van der Waals surface area contributed by atoms with E-state index in [1.807, 2.05) is 11.6 Å². The Kier molecular flexibility index (Phi) is 3.00. The minimum absolute atomic E-state index is 0. The average molecular weight is 254 g/mol. The van der Waals surface area contributed by atoms with Crippen LogP contribution in [0.1, 0.15) is 29.6 Å². The van der Waals surface area contributed by atoms with Gasteiger partial charge in [-0.3, -0.25) is 4.79 Å². The van der Waals surface area contributed by atoms with Gasteiger partial charge in [0.2, 0.25) is 0 Å². The molecule has 0 bridgehead atoms. The molecule has 0 spiro atoms. The molecule has 5 heteroatoms. The van der Waals surface area contributed by atoms with Crippen molar-refractivity contribution in [2.24, 2.45) is 23.9 Å². The van der Waals surface area contributed by atoms with Crippen LogP contribution in [0.2, 0.25) is 0 Å². The van der Waals surface area contributed by atoms with Crippen molar-refractivity contribution < 1.29 is 4.79 Å². The molecule has 1 aliphatic heterocycles. The summed E-state index contributed by atoms with van der Waals surface area (Å²) in [6.07, 6.45) is 7.02. The summed E-state index contributed by atoms with van der Waals surface area (Å²) in [5, 5.41) is 0. The number of aryl methyl sites for hydroxylation is 1. The Hall–Kier alpha value is -1.29. The maximum atomic E-state index is 12.2. The van der Waals surface area contributed by atoms with Crippen molar-refractivity contribution in [1.82, 2.24) is 4.57 Å². The van der Waals surface area contributed by atoms with Gasteiger partial charge in [0.25, 0.3) is 0 Å². The van der Waals surface area contributed by atoms with Gasteiger partial charge in [-0.2, -0.15) is 0 Å². The topological polar surface area (TPSA) is 60.4 Å². The van der Waals surface area contributed by atoms with E-state index in [2.05, 4.69) is 4.99 Å². The van der Waals surface area contributed by atoms with Crippen molar-refractivity contribution in [2.75, 3.05) is 5.73 Å². The van der Waals surface area contributed by atoms with Gasteiger partial charge in [0.05, 0.1) is 17.2 Å². The van der Waals surface area contributed by atoms with Crippen LogP contribution in [0.15, 0.2) is 11.2 Å². The zero-order valence-electron chi connectivity index (χ0n) is 9.72. The van der Waals surface area contributed by atoms with Crippen molar-refractivity contribution in [3.05, 3.63) is 11.8 Å². The number of anilines is 1. The summed E-state index contributed by atoms with van der Waals surface area (Å²) in [6, 6.07) is 0. The Bertz CT molecular complexity index is 488. The van der Waals surface area contributed by atoms with Gasteiger partial charge in [-0.25, -0.2) is 4.99 Å². The number of nitrogens with zero attached hydrogens (tertiary/aromatic N) is 2. The Labute approximate surface area is 106 Å². The molecule has 4 nitrogen and oxygen atoms in total. The van der Waals surface area contributed by atoms with Crippen LogP contribution in [-0.2, 0) is 7.05 Å². The van der Waals surface area contributed by atoms with Crippen LogP contribution in [0.3, 0.4) is 0 Å². The summed E-state index contributed by atoms with van der Waals surface area (Å²) in [4.78, 5) is 16.6. The van der Waals surface area contributed by atoms with Crippen LogP contribution in [0.25, 0.3) is 0 Å². The Morgan fingerprint density at radius 3 is 2.88 bits per heavy atom. The van der Waals surface area contributed by atoms with E-state index >= 15 is 0 Å². The molecule has 2 N–H and O–H groups in total. The molecule has 0 saturated heterocycles. The number of nitrogen functional groups attached to an aromatic ring is 1. The lowest BCUT2D eigenvalue weighted by Gasteiger charge is -2.15. The van der Waals surface area contributed by atoms with E-state index in [9.17, 15) is 4.79 Å². The van der Waals surface area contributed by atoms with Crippen LogP contribution < -0.4 is 5.73 Å². The molecular formula is C12H16ClN3O. The highest BCUT2D eigenvalue weighted by Gasteiger charge is 2.33. The van der Waals surface area contributed by atoms with E-state index in [1.54, 1.807) is 12.4 Å². The first-order valence-electron chi connectivity index (χ1n) is 5.70. The van der Waals surface area contributed by atoms with Crippen LogP contribution in [0.5, 0.6) is 0 Å². The monoisotopic (exact) mass is 253 g/mol. The number of ketones is 1. The predicted octanol–water partition coefficient (Wildman–Crippen LogP) is 2.34. The first-order valence-corrected chi connectivity index (χ1v) is 5.70. The third kappa shape index (κ3) is 1.97. The summed E-state index contributed by atoms with van der Waals surface area (Å²) in [7, 11) is 1.86. The molecule has 3 rings (SSSR count). The number of aromatic nitrogens is 1. The Morgan fingerprint density at radius 2 is 2.24 bits per heavy atom. The molecule has 1 unspecified atom stereocenters. The highest BCUT2D eigenvalue weighted by atomic mass is 35.5. The second kappa shape index (κ2) is 4.18. The third-order valence-electron chi connectivity index (χ3n) is 3.42. The molecule has 17 heavy (non-hydrogen) atoms. The lowest BCUT2D eigenvalue weighted by atomic mass is 9.92. The highest BCUT2D eigenvalue weighted by molar-refractivity contribution is 6.15. The second-order valence-corrected chi connectivity index (χ2v) is 4.82. The molecule has 1 aromatic rings. The SMILES string of the molecule is Cl.Cn1cc(N)c2c1N=CC(CC1CC1)C2=O. The number of halogens is 1. The molecule has 1 saturated carbocycles. The van der Waals surface area contributed by atoms with Crippen LogP contribution in [0, 0.1) is 11.8 Å². The van der Waals surface area contributed by atoms with Gasteiger partial charge in [0.1, 0.15) is 5.82 Å². The number of Topliss-reactive ketones (excluding diaryl/α,β-unsaturated/α-hetero) is 1. The maximum Gasteiger partial charge on any atom is 0.177 e. The number of carbonyl (C=O) groups is 1. The zero-order chi connectivity index (χ0) is 11.3. The maximum absolute atomic E-state index is 12.2. The number of aliphatic imine (C=N–C) groups is 1. The van der Waals surface area contributed by atoms with Gasteiger partial charge in [-0.1, -0.05) is 12.8 Å². The van der Waals surface area contributed by atoms with Crippen LogP contribution in [-0.4, -0.2) is 16.6 Å². The molecule has 0 aromatic carbocycles. The van der Waals surface area contributed by atoms with E-state index in [1.165, 1.54) is 12.8 Å². The van der Waals surface area contributed by atoms with Crippen molar-refractivity contribution in [3.8, 4) is 0 Å². The molecule has 0 radical (unpaired) electrons. The lowest BCUT2D eigenvalue weighted by molar-refractivity contribution is 0.0948. The summed E-state index contributed by atoms with van der Waals surface area (Å²) in [6.45, 7) is 0. The van der Waals surface area contributed by atoms with Crippen molar-refractivity contribution in [1.29, 1.82) is 0 Å². The third-order valence-corrected chi connectivity index (χ3v) is 3.42. The van der Waals surface area contributed by atoms with Crippen molar-refractivity contribution in [2.45, 2.75) is 19.3 Å². The van der Waals surface area contributed by atoms with Crippen LogP contribution in [0.4, 0.5) is 11.5 Å². The first kappa shape index (κ1) is 12.2. The summed E-state index contributed by atoms with van der Waals surface area (Å²) in [5.41, 5.74) is 7.02. The normalized spacial score (nSPS) is 22.2. The molecule has 0 amide bonds. The van der Waals surface area contributed by atoms with Crippen LogP contribution >= 0.6 is 12.4 Å². The first-order chi connectivity index (χ1) is 7.66. The largest absolute Gasteiger partial charge is 0.397 e. The Morgan fingerprint density at radius 1 is 1.53 bits per heavy atom. The lowest BCUT2D eigenvalue weighted by Crippen LogP contribution is -2.20. The van der Waals surface area contributed by atoms with Gasteiger partial charge in [-0.05, 0) is 12.3 Å². The van der Waals surface area contributed by atoms with E-state index in [-0.39, 0.29) is 24.1 Å². The predicted molar refractivity (Wildman–Crippen MR) is 70.4 cm³/mol. The second-order valence-electron chi connectivity index (χ2n) is 4.82. The molecule has 1 aliphatic carbocycles. The van der Waals surface area contributed by atoms with Gasteiger partial charge < -0.3 is 10.3 Å². The summed E-state index contributed by atoms with van der Waals surface area (Å²) in [5.74, 6) is 1.53. The minimum atomic E-state index is -0.0512. The zero-order valence-corrected chi connectivity index (χ0v) is 10.5. The number of fused-ring (bicyclic) bond motifs is 1. The summed E-state index contributed by atoms with van der Waals surface area (Å²) < 4.78 is 1.81. The fraction of sp³-hybridized carbons (Fsp3) is 0.500. The van der Waals surface area contributed by atoms with E-state index in [0.29, 0.717) is 17.1 Å². The van der Waals surface area contributed by atoms with Crippen molar-refractivity contribution in [3.63, 3.8) is 0 Å². The molecule has 92 valence electrons. The summed E-state index contributed by atoms with van der Waals surface area (Å²) >= 11 is 0. The molecular weight excluding hydrogens is 238 g/mol. The van der Waals surface area contributed by atoms with E-state index < -0.39 is 0 Å². The van der Waals surface area contributed by atoms with Gasteiger partial charge in [-0.15, -0.1) is 12.4 Å². The smallest absolute Gasteiger partial charge is 0.177 e. The standard InChI is InChI=1S/C12H15N3O.ClH/c1-15-6-9(13)10-11(16)8(4-7-2-3-7)5-14-12(10)15;/h5-8H,2-4,13H2,1H3;1H. The Balaban J connectivity index is 0.00000108.